The zero-order valence-electron chi connectivity index (χ0n) is 11.0. The van der Waals surface area contributed by atoms with Crippen LogP contribution in [0.5, 0.6) is 0 Å². The van der Waals surface area contributed by atoms with E-state index in [9.17, 15) is 13.5 Å². The summed E-state index contributed by atoms with van der Waals surface area (Å²) < 4.78 is 27.4. The van der Waals surface area contributed by atoms with Crippen LogP contribution in [0, 0.1) is 12.8 Å². The van der Waals surface area contributed by atoms with Crippen LogP contribution in [0.1, 0.15) is 18.9 Å². The van der Waals surface area contributed by atoms with Crippen LogP contribution in [0.4, 0.5) is 0 Å². The van der Waals surface area contributed by atoms with E-state index in [1.807, 2.05) is 19.9 Å². The fourth-order valence-corrected chi connectivity index (χ4v) is 4.76. The van der Waals surface area contributed by atoms with Gasteiger partial charge in [-0.1, -0.05) is 22.9 Å². The molecule has 1 N–H and O–H groups in total. The molecule has 1 aromatic carbocycles. The Kier molecular flexibility index (Phi) is 4.35. The molecule has 1 saturated heterocycles. The first-order valence-electron chi connectivity index (χ1n) is 6.26. The molecular formula is C13H18BrNO3S. The van der Waals surface area contributed by atoms with Crippen LogP contribution in [-0.4, -0.2) is 37.0 Å². The molecule has 19 heavy (non-hydrogen) atoms. The van der Waals surface area contributed by atoms with Gasteiger partial charge in [0.2, 0.25) is 10.0 Å². The van der Waals surface area contributed by atoms with Crippen LogP contribution in [0.15, 0.2) is 27.6 Å². The van der Waals surface area contributed by atoms with Crippen molar-refractivity contribution in [2.75, 3.05) is 13.1 Å². The van der Waals surface area contributed by atoms with Gasteiger partial charge in [-0.05, 0) is 43.0 Å². The number of hydrogen-bond donors (Lipinski definition) is 1. The Balaban J connectivity index is 2.32. The maximum atomic E-state index is 12.6. The third-order valence-corrected chi connectivity index (χ3v) is 5.78. The molecule has 0 radical (unpaired) electrons. The lowest BCUT2D eigenvalue weighted by atomic mass is 9.99. The number of aryl methyl sites for hydroxylation is 1. The van der Waals surface area contributed by atoms with Gasteiger partial charge < -0.3 is 5.11 Å². The van der Waals surface area contributed by atoms with Gasteiger partial charge >= 0.3 is 0 Å². The van der Waals surface area contributed by atoms with Crippen molar-refractivity contribution in [1.82, 2.24) is 4.31 Å². The molecule has 0 bridgehead atoms. The summed E-state index contributed by atoms with van der Waals surface area (Å²) >= 11 is 3.33. The normalized spacial score (nSPS) is 25.5. The van der Waals surface area contributed by atoms with Crippen molar-refractivity contribution < 1.29 is 13.5 Å². The standard InChI is InChI=1S/C13H18BrNO3S/c1-9-5-11(14)7-12(6-9)19(17,18)15-4-3-13(16)10(2)8-15/h5-7,10,13,16H,3-4,8H2,1-2H3/t10-,13-/m0/s1. The minimum Gasteiger partial charge on any atom is -0.393 e. The van der Waals surface area contributed by atoms with Crippen molar-refractivity contribution in [2.45, 2.75) is 31.3 Å². The highest BCUT2D eigenvalue weighted by Gasteiger charge is 2.32. The molecule has 1 aliphatic heterocycles. The van der Waals surface area contributed by atoms with Crippen LogP contribution < -0.4 is 0 Å². The smallest absolute Gasteiger partial charge is 0.243 e. The molecule has 2 atom stereocenters. The minimum absolute atomic E-state index is 0.0308. The largest absolute Gasteiger partial charge is 0.393 e. The average Bonchev–Trinajstić information content (AvgIpc) is 2.31. The first-order chi connectivity index (χ1) is 8.80. The predicted octanol–water partition coefficient (Wildman–Crippen LogP) is 2.15. The third-order valence-electron chi connectivity index (χ3n) is 3.48. The van der Waals surface area contributed by atoms with E-state index in [0.29, 0.717) is 24.4 Å². The van der Waals surface area contributed by atoms with Gasteiger partial charge in [-0.2, -0.15) is 4.31 Å². The number of halogens is 1. The van der Waals surface area contributed by atoms with Crippen molar-refractivity contribution in [3.05, 3.63) is 28.2 Å². The van der Waals surface area contributed by atoms with Crippen molar-refractivity contribution in [3.63, 3.8) is 0 Å². The molecule has 0 saturated carbocycles. The SMILES string of the molecule is Cc1cc(Br)cc(S(=O)(=O)N2CC[C@H](O)[C@@H](C)C2)c1. The molecule has 0 amide bonds. The lowest BCUT2D eigenvalue weighted by Gasteiger charge is -2.33. The number of aliphatic hydroxyl groups is 1. The van der Waals surface area contributed by atoms with Crippen LogP contribution in [0.2, 0.25) is 0 Å². The summed E-state index contributed by atoms with van der Waals surface area (Å²) in [5.74, 6) is -0.0308. The summed E-state index contributed by atoms with van der Waals surface area (Å²) in [6.07, 6.45) is 0.0867. The molecule has 6 heteroatoms. The Morgan fingerprint density at radius 1 is 1.37 bits per heavy atom. The van der Waals surface area contributed by atoms with Crippen molar-refractivity contribution in [2.24, 2.45) is 5.92 Å². The van der Waals surface area contributed by atoms with Gasteiger partial charge in [0, 0.05) is 17.6 Å². The number of piperidine rings is 1. The second-order valence-corrected chi connectivity index (χ2v) is 8.01. The van der Waals surface area contributed by atoms with Crippen molar-refractivity contribution >= 4 is 26.0 Å². The first kappa shape index (κ1) is 15.0. The zero-order valence-corrected chi connectivity index (χ0v) is 13.4. The Hall–Kier alpha value is -0.430. The summed E-state index contributed by atoms with van der Waals surface area (Å²) in [5.41, 5.74) is 0.901. The second kappa shape index (κ2) is 5.52. The van der Waals surface area contributed by atoms with Gasteiger partial charge in [-0.25, -0.2) is 8.42 Å². The monoisotopic (exact) mass is 347 g/mol. The quantitative estimate of drug-likeness (QED) is 0.891. The number of nitrogens with zero attached hydrogens (tertiary/aromatic N) is 1. The van der Waals surface area contributed by atoms with E-state index in [0.717, 1.165) is 10.0 Å². The molecule has 0 spiro atoms. The number of hydrogen-bond acceptors (Lipinski definition) is 3. The van der Waals surface area contributed by atoms with Gasteiger partial charge in [-0.3, -0.25) is 0 Å². The van der Waals surface area contributed by atoms with Gasteiger partial charge in [0.1, 0.15) is 0 Å². The van der Waals surface area contributed by atoms with Gasteiger partial charge in [0.15, 0.2) is 0 Å². The highest BCUT2D eigenvalue weighted by molar-refractivity contribution is 9.10. The number of aliphatic hydroxyl groups excluding tert-OH is 1. The summed E-state index contributed by atoms with van der Waals surface area (Å²) in [7, 11) is -3.47. The lowest BCUT2D eigenvalue weighted by Crippen LogP contribution is -2.44. The van der Waals surface area contributed by atoms with E-state index in [1.165, 1.54) is 4.31 Å². The van der Waals surface area contributed by atoms with Crippen molar-refractivity contribution in [3.8, 4) is 0 Å². The Morgan fingerprint density at radius 3 is 2.63 bits per heavy atom. The molecule has 4 nitrogen and oxygen atoms in total. The van der Waals surface area contributed by atoms with Gasteiger partial charge in [0.05, 0.1) is 11.0 Å². The van der Waals surface area contributed by atoms with E-state index in [2.05, 4.69) is 15.9 Å². The molecule has 1 aromatic rings. The topological polar surface area (TPSA) is 57.6 Å². The fraction of sp³-hybridized carbons (Fsp3) is 0.538. The van der Waals surface area contributed by atoms with E-state index < -0.39 is 16.1 Å². The van der Waals surface area contributed by atoms with Crippen molar-refractivity contribution in [1.29, 1.82) is 0 Å². The van der Waals surface area contributed by atoms with E-state index in [1.54, 1.807) is 12.1 Å². The number of rotatable bonds is 2. The van der Waals surface area contributed by atoms with Crippen LogP contribution in [0.25, 0.3) is 0 Å². The van der Waals surface area contributed by atoms with E-state index >= 15 is 0 Å². The highest BCUT2D eigenvalue weighted by atomic mass is 79.9. The Labute approximate surface area is 122 Å². The Morgan fingerprint density at radius 2 is 2.05 bits per heavy atom. The fourth-order valence-electron chi connectivity index (χ4n) is 2.31. The predicted molar refractivity (Wildman–Crippen MR) is 77.4 cm³/mol. The molecular weight excluding hydrogens is 330 g/mol. The maximum Gasteiger partial charge on any atom is 0.243 e. The second-order valence-electron chi connectivity index (χ2n) is 5.16. The minimum atomic E-state index is -3.47. The van der Waals surface area contributed by atoms with E-state index in [-0.39, 0.29) is 5.92 Å². The first-order valence-corrected chi connectivity index (χ1v) is 8.49. The molecule has 1 aliphatic rings. The number of sulfonamides is 1. The summed E-state index contributed by atoms with van der Waals surface area (Å²) in [6.45, 7) is 4.49. The maximum absolute atomic E-state index is 12.6. The zero-order chi connectivity index (χ0) is 14.2. The van der Waals surface area contributed by atoms with Crippen LogP contribution in [0.3, 0.4) is 0 Å². The molecule has 2 rings (SSSR count). The van der Waals surface area contributed by atoms with Gasteiger partial charge in [0.25, 0.3) is 0 Å². The Bertz CT molecular complexity index is 553. The molecule has 0 aliphatic carbocycles. The summed E-state index contributed by atoms with van der Waals surface area (Å²) in [5, 5.41) is 9.69. The average molecular weight is 348 g/mol. The third kappa shape index (κ3) is 3.18. The van der Waals surface area contributed by atoms with Crippen LogP contribution in [-0.2, 0) is 10.0 Å². The van der Waals surface area contributed by atoms with Gasteiger partial charge in [-0.15, -0.1) is 0 Å². The summed E-state index contributed by atoms with van der Waals surface area (Å²) in [6, 6.07) is 5.18. The highest BCUT2D eigenvalue weighted by Crippen LogP contribution is 2.26. The molecule has 0 aromatic heterocycles. The summed E-state index contributed by atoms with van der Waals surface area (Å²) in [4.78, 5) is 0.308. The number of benzene rings is 1. The molecule has 1 fully saturated rings. The molecule has 1 heterocycles. The lowest BCUT2D eigenvalue weighted by molar-refractivity contribution is 0.0628. The molecule has 106 valence electrons. The van der Waals surface area contributed by atoms with Crippen LogP contribution >= 0.6 is 15.9 Å². The van der Waals surface area contributed by atoms with E-state index in [4.69, 9.17) is 0 Å². The molecule has 0 unspecified atom stereocenters.